The standard InChI is InChI=1S/C12H17N3O3S/c1-7-5-11(10(4)18-7)8(2)15-19(16,17)12-6-13-14-9(12)3/h5-6,8,15H,1-4H3,(H,13,14). The molecular weight excluding hydrogens is 266 g/mol. The van der Waals surface area contributed by atoms with Crippen LogP contribution in [0.25, 0.3) is 0 Å². The first kappa shape index (κ1) is 13.8. The number of rotatable bonds is 4. The van der Waals surface area contributed by atoms with Crippen LogP contribution < -0.4 is 4.72 Å². The summed E-state index contributed by atoms with van der Waals surface area (Å²) in [7, 11) is -3.59. The van der Waals surface area contributed by atoms with Gasteiger partial charge in [0.2, 0.25) is 10.0 Å². The lowest BCUT2D eigenvalue weighted by Gasteiger charge is -2.13. The largest absolute Gasteiger partial charge is 0.466 e. The van der Waals surface area contributed by atoms with Gasteiger partial charge in [-0.1, -0.05) is 0 Å². The fraction of sp³-hybridized carbons (Fsp3) is 0.417. The van der Waals surface area contributed by atoms with Crippen molar-refractivity contribution in [3.05, 3.63) is 35.0 Å². The van der Waals surface area contributed by atoms with Gasteiger partial charge in [-0.3, -0.25) is 5.10 Å². The Morgan fingerprint density at radius 3 is 2.53 bits per heavy atom. The minimum absolute atomic E-state index is 0.164. The number of hydrogen-bond acceptors (Lipinski definition) is 4. The topological polar surface area (TPSA) is 88.0 Å². The predicted molar refractivity (Wildman–Crippen MR) is 70.2 cm³/mol. The Kier molecular flexibility index (Phi) is 3.51. The number of aryl methyl sites for hydroxylation is 3. The first-order valence-corrected chi connectivity index (χ1v) is 7.39. The summed E-state index contributed by atoms with van der Waals surface area (Å²) in [6, 6.07) is 1.47. The van der Waals surface area contributed by atoms with Gasteiger partial charge in [-0.15, -0.1) is 0 Å². The van der Waals surface area contributed by atoms with Crippen molar-refractivity contribution in [2.45, 2.75) is 38.6 Å². The number of aromatic nitrogens is 2. The minimum Gasteiger partial charge on any atom is -0.466 e. The number of nitrogens with one attached hydrogen (secondary N) is 2. The zero-order valence-electron chi connectivity index (χ0n) is 11.3. The molecule has 104 valence electrons. The molecule has 0 radical (unpaired) electrons. The molecule has 6 nitrogen and oxygen atoms in total. The molecule has 7 heteroatoms. The van der Waals surface area contributed by atoms with Crippen molar-refractivity contribution in [1.82, 2.24) is 14.9 Å². The van der Waals surface area contributed by atoms with Crippen LogP contribution in [0.15, 0.2) is 21.6 Å². The molecule has 2 N–H and O–H groups in total. The highest BCUT2D eigenvalue weighted by Crippen LogP contribution is 2.23. The Morgan fingerprint density at radius 2 is 2.05 bits per heavy atom. The molecule has 2 aromatic heterocycles. The Labute approximate surface area is 112 Å². The van der Waals surface area contributed by atoms with E-state index in [1.54, 1.807) is 13.8 Å². The van der Waals surface area contributed by atoms with Crippen LogP contribution in [-0.2, 0) is 10.0 Å². The maximum atomic E-state index is 12.2. The second-order valence-corrected chi connectivity index (χ2v) is 6.25. The molecule has 0 aliphatic heterocycles. The normalized spacial score (nSPS) is 13.7. The summed E-state index contributed by atoms with van der Waals surface area (Å²) < 4.78 is 32.5. The maximum absolute atomic E-state index is 12.2. The van der Waals surface area contributed by atoms with Gasteiger partial charge in [-0.2, -0.15) is 5.10 Å². The van der Waals surface area contributed by atoms with E-state index >= 15 is 0 Å². The summed E-state index contributed by atoms with van der Waals surface area (Å²) in [4.78, 5) is 0.164. The van der Waals surface area contributed by atoms with E-state index in [4.69, 9.17) is 4.42 Å². The van der Waals surface area contributed by atoms with Crippen molar-refractivity contribution in [2.75, 3.05) is 0 Å². The summed E-state index contributed by atoms with van der Waals surface area (Å²) in [5, 5.41) is 6.34. The second-order valence-electron chi connectivity index (χ2n) is 4.57. The fourth-order valence-electron chi connectivity index (χ4n) is 2.05. The van der Waals surface area contributed by atoms with Crippen LogP contribution >= 0.6 is 0 Å². The SMILES string of the molecule is Cc1cc(C(C)NS(=O)(=O)c2cn[nH]c2C)c(C)o1. The highest BCUT2D eigenvalue weighted by molar-refractivity contribution is 7.89. The van der Waals surface area contributed by atoms with E-state index in [0.29, 0.717) is 5.69 Å². The van der Waals surface area contributed by atoms with Gasteiger partial charge in [0, 0.05) is 11.6 Å². The lowest BCUT2D eigenvalue weighted by atomic mass is 10.1. The number of H-pyrrole nitrogens is 1. The molecule has 0 bridgehead atoms. The Hall–Kier alpha value is -1.60. The van der Waals surface area contributed by atoms with Crippen LogP contribution in [0.4, 0.5) is 0 Å². The van der Waals surface area contributed by atoms with E-state index in [1.165, 1.54) is 6.20 Å². The zero-order valence-corrected chi connectivity index (χ0v) is 12.1. The first-order chi connectivity index (χ1) is 8.81. The van der Waals surface area contributed by atoms with Gasteiger partial charge >= 0.3 is 0 Å². The van der Waals surface area contributed by atoms with Crippen molar-refractivity contribution >= 4 is 10.0 Å². The van der Waals surface area contributed by atoms with Crippen LogP contribution in [0, 0.1) is 20.8 Å². The summed E-state index contributed by atoms with van der Waals surface area (Å²) in [6.07, 6.45) is 1.30. The van der Waals surface area contributed by atoms with Gasteiger partial charge in [-0.05, 0) is 33.8 Å². The molecule has 0 saturated carbocycles. The molecule has 0 aromatic carbocycles. The Morgan fingerprint density at radius 1 is 1.37 bits per heavy atom. The van der Waals surface area contributed by atoms with Crippen molar-refractivity contribution < 1.29 is 12.8 Å². The van der Waals surface area contributed by atoms with Crippen LogP contribution in [0.2, 0.25) is 0 Å². The summed E-state index contributed by atoms with van der Waals surface area (Å²) in [6.45, 7) is 7.10. The summed E-state index contributed by atoms with van der Waals surface area (Å²) in [5.74, 6) is 1.48. The average Bonchev–Trinajstić information content (AvgIpc) is 2.84. The molecule has 0 aliphatic rings. The molecule has 0 aliphatic carbocycles. The molecule has 1 atom stereocenters. The van der Waals surface area contributed by atoms with Crippen molar-refractivity contribution in [2.24, 2.45) is 0 Å². The third-order valence-electron chi connectivity index (χ3n) is 2.95. The summed E-state index contributed by atoms with van der Waals surface area (Å²) in [5.41, 5.74) is 1.35. The molecule has 1 unspecified atom stereocenters. The average molecular weight is 283 g/mol. The van der Waals surface area contributed by atoms with Crippen LogP contribution in [0.3, 0.4) is 0 Å². The second kappa shape index (κ2) is 4.82. The zero-order chi connectivity index (χ0) is 14.2. The van der Waals surface area contributed by atoms with E-state index in [9.17, 15) is 8.42 Å². The van der Waals surface area contributed by atoms with Crippen LogP contribution in [0.1, 0.15) is 35.7 Å². The third kappa shape index (κ3) is 2.71. The van der Waals surface area contributed by atoms with Gasteiger partial charge in [0.1, 0.15) is 16.4 Å². The minimum atomic E-state index is -3.59. The number of furan rings is 1. The van der Waals surface area contributed by atoms with Gasteiger partial charge in [0.25, 0.3) is 0 Å². The molecule has 2 heterocycles. The molecule has 0 saturated heterocycles. The number of hydrogen-bond donors (Lipinski definition) is 2. The molecule has 19 heavy (non-hydrogen) atoms. The van der Waals surface area contributed by atoms with Crippen molar-refractivity contribution in [3.8, 4) is 0 Å². The van der Waals surface area contributed by atoms with E-state index in [1.807, 2.05) is 19.9 Å². The van der Waals surface area contributed by atoms with Gasteiger partial charge < -0.3 is 4.42 Å². The van der Waals surface area contributed by atoms with E-state index in [-0.39, 0.29) is 10.9 Å². The van der Waals surface area contributed by atoms with Gasteiger partial charge in [0.05, 0.1) is 11.9 Å². The molecule has 0 amide bonds. The number of sulfonamides is 1. The van der Waals surface area contributed by atoms with Crippen molar-refractivity contribution in [1.29, 1.82) is 0 Å². The summed E-state index contributed by atoms with van der Waals surface area (Å²) >= 11 is 0. The van der Waals surface area contributed by atoms with E-state index in [2.05, 4.69) is 14.9 Å². The highest BCUT2D eigenvalue weighted by atomic mass is 32.2. The van der Waals surface area contributed by atoms with E-state index in [0.717, 1.165) is 17.1 Å². The fourth-order valence-corrected chi connectivity index (χ4v) is 3.41. The van der Waals surface area contributed by atoms with Crippen LogP contribution in [-0.4, -0.2) is 18.6 Å². The smallest absolute Gasteiger partial charge is 0.244 e. The molecule has 2 rings (SSSR count). The number of aromatic amines is 1. The van der Waals surface area contributed by atoms with Gasteiger partial charge in [-0.25, -0.2) is 13.1 Å². The molecule has 0 spiro atoms. The third-order valence-corrected chi connectivity index (χ3v) is 4.61. The first-order valence-electron chi connectivity index (χ1n) is 5.90. The highest BCUT2D eigenvalue weighted by Gasteiger charge is 2.23. The lowest BCUT2D eigenvalue weighted by Crippen LogP contribution is -2.27. The molecule has 0 fully saturated rings. The molecule has 2 aromatic rings. The van der Waals surface area contributed by atoms with Gasteiger partial charge in [0.15, 0.2) is 0 Å². The monoisotopic (exact) mass is 283 g/mol. The Balaban J connectivity index is 2.26. The lowest BCUT2D eigenvalue weighted by molar-refractivity contribution is 0.496. The predicted octanol–water partition coefficient (Wildman–Crippen LogP) is 1.97. The maximum Gasteiger partial charge on any atom is 0.244 e. The molecular formula is C12H17N3O3S. The Bertz CT molecular complexity index is 685. The van der Waals surface area contributed by atoms with Crippen LogP contribution in [0.5, 0.6) is 0 Å². The number of nitrogens with zero attached hydrogens (tertiary/aromatic N) is 1. The van der Waals surface area contributed by atoms with Crippen molar-refractivity contribution in [3.63, 3.8) is 0 Å². The quantitative estimate of drug-likeness (QED) is 0.898. The van der Waals surface area contributed by atoms with E-state index < -0.39 is 10.0 Å².